The van der Waals surface area contributed by atoms with Crippen molar-refractivity contribution in [3.8, 4) is 0 Å². The SMILES string of the molecule is Cc1csc(CCNCc2ccc(Br)c(Br)c2)n1. The molecular weight excluding hydrogens is 376 g/mol. The molecule has 2 rings (SSSR count). The molecule has 0 aliphatic rings. The molecule has 0 aliphatic heterocycles. The van der Waals surface area contributed by atoms with Gasteiger partial charge < -0.3 is 5.32 Å². The Balaban J connectivity index is 1.76. The van der Waals surface area contributed by atoms with E-state index >= 15 is 0 Å². The van der Waals surface area contributed by atoms with Gasteiger partial charge in [0.2, 0.25) is 0 Å². The third kappa shape index (κ3) is 4.16. The molecule has 0 radical (unpaired) electrons. The van der Waals surface area contributed by atoms with E-state index in [-0.39, 0.29) is 0 Å². The van der Waals surface area contributed by atoms with E-state index in [4.69, 9.17) is 0 Å². The van der Waals surface area contributed by atoms with E-state index in [0.29, 0.717) is 0 Å². The van der Waals surface area contributed by atoms with Crippen molar-refractivity contribution in [2.45, 2.75) is 19.9 Å². The van der Waals surface area contributed by atoms with Crippen molar-refractivity contribution in [1.29, 1.82) is 0 Å². The lowest BCUT2D eigenvalue weighted by molar-refractivity contribution is 0.684. The summed E-state index contributed by atoms with van der Waals surface area (Å²) >= 11 is 8.72. The van der Waals surface area contributed by atoms with Gasteiger partial charge in [-0.3, -0.25) is 0 Å². The molecule has 1 aromatic carbocycles. The Morgan fingerprint density at radius 1 is 1.28 bits per heavy atom. The first-order valence-corrected chi connectivity index (χ1v) is 8.17. The van der Waals surface area contributed by atoms with Crippen molar-refractivity contribution in [3.63, 3.8) is 0 Å². The Bertz CT molecular complexity index is 525. The van der Waals surface area contributed by atoms with E-state index in [1.165, 1.54) is 10.6 Å². The molecule has 1 N–H and O–H groups in total. The van der Waals surface area contributed by atoms with E-state index in [1.54, 1.807) is 11.3 Å². The number of aryl methyl sites for hydroxylation is 1. The highest BCUT2D eigenvalue weighted by Crippen LogP contribution is 2.23. The van der Waals surface area contributed by atoms with Gasteiger partial charge in [-0.1, -0.05) is 6.07 Å². The Hall–Kier alpha value is -0.230. The summed E-state index contributed by atoms with van der Waals surface area (Å²) in [7, 11) is 0. The summed E-state index contributed by atoms with van der Waals surface area (Å²) < 4.78 is 2.18. The molecule has 0 bridgehead atoms. The summed E-state index contributed by atoms with van der Waals surface area (Å²) in [5.74, 6) is 0. The summed E-state index contributed by atoms with van der Waals surface area (Å²) in [6.45, 7) is 3.88. The molecule has 0 saturated heterocycles. The first kappa shape index (κ1) is 14.2. The van der Waals surface area contributed by atoms with Crippen LogP contribution in [0.25, 0.3) is 0 Å². The van der Waals surface area contributed by atoms with E-state index in [2.05, 4.69) is 65.7 Å². The lowest BCUT2D eigenvalue weighted by Crippen LogP contribution is -2.16. The smallest absolute Gasteiger partial charge is 0.0940 e. The quantitative estimate of drug-likeness (QED) is 0.770. The fourth-order valence-corrected chi connectivity index (χ4v) is 3.04. The van der Waals surface area contributed by atoms with Gasteiger partial charge >= 0.3 is 0 Å². The Morgan fingerprint density at radius 3 is 2.78 bits per heavy atom. The maximum absolute atomic E-state index is 4.45. The van der Waals surface area contributed by atoms with Gasteiger partial charge in [-0.25, -0.2) is 4.98 Å². The standard InChI is InChI=1S/C13H14Br2N2S/c1-9-8-18-13(17-9)4-5-16-7-10-2-3-11(14)12(15)6-10/h2-3,6,8,16H,4-5,7H2,1H3. The minimum atomic E-state index is 0.885. The molecular formula is C13H14Br2N2S. The lowest BCUT2D eigenvalue weighted by atomic mass is 10.2. The van der Waals surface area contributed by atoms with Crippen LogP contribution in [-0.4, -0.2) is 11.5 Å². The van der Waals surface area contributed by atoms with Crippen LogP contribution in [0.4, 0.5) is 0 Å². The van der Waals surface area contributed by atoms with Gasteiger partial charge in [0.25, 0.3) is 0 Å². The van der Waals surface area contributed by atoms with Gasteiger partial charge in [0, 0.05) is 39.5 Å². The first-order chi connectivity index (χ1) is 8.65. The number of hydrogen-bond donors (Lipinski definition) is 1. The van der Waals surface area contributed by atoms with Crippen LogP contribution in [0.2, 0.25) is 0 Å². The number of aromatic nitrogens is 1. The average Bonchev–Trinajstić information content (AvgIpc) is 2.75. The molecule has 1 heterocycles. The Kier molecular flexibility index (Phi) is 5.36. The highest BCUT2D eigenvalue weighted by molar-refractivity contribution is 9.13. The van der Waals surface area contributed by atoms with Crippen molar-refractivity contribution in [3.05, 3.63) is 48.8 Å². The predicted octanol–water partition coefficient (Wildman–Crippen LogP) is 4.31. The molecule has 0 spiro atoms. The van der Waals surface area contributed by atoms with E-state index < -0.39 is 0 Å². The van der Waals surface area contributed by atoms with Crippen LogP contribution >= 0.6 is 43.2 Å². The normalized spacial score (nSPS) is 10.8. The molecule has 0 atom stereocenters. The number of halogens is 2. The summed E-state index contributed by atoms with van der Waals surface area (Å²) in [4.78, 5) is 4.45. The minimum absolute atomic E-state index is 0.885. The van der Waals surface area contributed by atoms with Crippen molar-refractivity contribution in [2.24, 2.45) is 0 Å². The number of benzene rings is 1. The van der Waals surface area contributed by atoms with Gasteiger partial charge in [0.05, 0.1) is 5.01 Å². The maximum atomic E-state index is 4.45. The number of hydrogen-bond acceptors (Lipinski definition) is 3. The Morgan fingerprint density at radius 2 is 2.11 bits per heavy atom. The van der Waals surface area contributed by atoms with Gasteiger partial charge in [0.1, 0.15) is 0 Å². The molecule has 0 saturated carbocycles. The van der Waals surface area contributed by atoms with E-state index in [0.717, 1.165) is 34.1 Å². The molecule has 18 heavy (non-hydrogen) atoms. The van der Waals surface area contributed by atoms with Crippen molar-refractivity contribution < 1.29 is 0 Å². The van der Waals surface area contributed by atoms with Gasteiger partial charge in [-0.2, -0.15) is 0 Å². The number of thiazole rings is 1. The third-order valence-electron chi connectivity index (χ3n) is 2.50. The van der Waals surface area contributed by atoms with Crippen molar-refractivity contribution in [2.75, 3.05) is 6.54 Å². The maximum Gasteiger partial charge on any atom is 0.0940 e. The molecule has 0 unspecified atom stereocenters. The molecule has 2 aromatic rings. The lowest BCUT2D eigenvalue weighted by Gasteiger charge is -2.05. The number of rotatable bonds is 5. The average molecular weight is 390 g/mol. The van der Waals surface area contributed by atoms with Crippen LogP contribution < -0.4 is 5.32 Å². The zero-order valence-electron chi connectivity index (χ0n) is 10.0. The van der Waals surface area contributed by atoms with Crippen LogP contribution in [0.5, 0.6) is 0 Å². The largest absolute Gasteiger partial charge is 0.312 e. The fraction of sp³-hybridized carbons (Fsp3) is 0.308. The molecule has 96 valence electrons. The summed E-state index contributed by atoms with van der Waals surface area (Å²) in [6.07, 6.45) is 0.996. The van der Waals surface area contributed by atoms with Crippen molar-refractivity contribution >= 4 is 43.2 Å². The summed E-state index contributed by atoms with van der Waals surface area (Å²) in [6, 6.07) is 6.31. The van der Waals surface area contributed by atoms with Gasteiger partial charge in [-0.05, 0) is 56.5 Å². The molecule has 2 nitrogen and oxygen atoms in total. The van der Waals surface area contributed by atoms with Crippen LogP contribution in [-0.2, 0) is 13.0 Å². The second kappa shape index (κ2) is 6.80. The van der Waals surface area contributed by atoms with E-state index in [9.17, 15) is 0 Å². The van der Waals surface area contributed by atoms with Gasteiger partial charge in [-0.15, -0.1) is 11.3 Å². The molecule has 1 aromatic heterocycles. The summed E-state index contributed by atoms with van der Waals surface area (Å²) in [5.41, 5.74) is 2.40. The zero-order chi connectivity index (χ0) is 13.0. The van der Waals surface area contributed by atoms with Crippen LogP contribution in [0.3, 0.4) is 0 Å². The number of nitrogens with zero attached hydrogens (tertiary/aromatic N) is 1. The summed E-state index contributed by atoms with van der Waals surface area (Å²) in [5, 5.41) is 6.74. The fourth-order valence-electron chi connectivity index (χ4n) is 1.60. The van der Waals surface area contributed by atoms with Crippen molar-refractivity contribution in [1.82, 2.24) is 10.3 Å². The second-order valence-electron chi connectivity index (χ2n) is 4.06. The predicted molar refractivity (Wildman–Crippen MR) is 84.1 cm³/mol. The topological polar surface area (TPSA) is 24.9 Å². The molecule has 0 fully saturated rings. The minimum Gasteiger partial charge on any atom is -0.312 e. The van der Waals surface area contributed by atoms with Crippen LogP contribution in [0.1, 0.15) is 16.3 Å². The second-order valence-corrected chi connectivity index (χ2v) is 6.71. The third-order valence-corrected chi connectivity index (χ3v) is 5.40. The highest BCUT2D eigenvalue weighted by atomic mass is 79.9. The van der Waals surface area contributed by atoms with Gasteiger partial charge in [0.15, 0.2) is 0 Å². The van der Waals surface area contributed by atoms with Crippen LogP contribution in [0.15, 0.2) is 32.5 Å². The number of nitrogens with one attached hydrogen (secondary N) is 1. The Labute approximate surface area is 128 Å². The zero-order valence-corrected chi connectivity index (χ0v) is 14.0. The monoisotopic (exact) mass is 388 g/mol. The molecule has 5 heteroatoms. The van der Waals surface area contributed by atoms with E-state index in [1.807, 2.05) is 6.92 Å². The van der Waals surface area contributed by atoms with Crippen LogP contribution in [0, 0.1) is 6.92 Å². The highest BCUT2D eigenvalue weighted by Gasteiger charge is 2.00. The molecule has 0 aliphatic carbocycles. The first-order valence-electron chi connectivity index (χ1n) is 5.71. The molecule has 0 amide bonds.